The second-order valence-electron chi connectivity index (χ2n) is 3.59. The predicted octanol–water partition coefficient (Wildman–Crippen LogP) is -0.379. The predicted molar refractivity (Wildman–Crippen MR) is 67.9 cm³/mol. The van der Waals surface area contributed by atoms with Crippen molar-refractivity contribution < 1.29 is 15.1 Å². The Morgan fingerprint density at radius 2 is 2.33 bits per heavy atom. The fourth-order valence-corrected chi connectivity index (χ4v) is 1.47. The molecule has 0 aliphatic rings. The summed E-state index contributed by atoms with van der Waals surface area (Å²) in [6.07, 6.45) is 1.57. The van der Waals surface area contributed by atoms with Crippen molar-refractivity contribution in [2.45, 2.75) is 0 Å². The first kappa shape index (κ1) is 14.2. The lowest BCUT2D eigenvalue weighted by atomic mass is 10.2. The highest BCUT2D eigenvalue weighted by molar-refractivity contribution is 5.97. The average molecular weight is 254 g/mol. The second-order valence-corrected chi connectivity index (χ2v) is 3.59. The van der Waals surface area contributed by atoms with Crippen LogP contribution in [0, 0.1) is 0 Å². The number of nitrogens with two attached hydrogens (primary N) is 1. The van der Waals surface area contributed by atoms with Gasteiger partial charge >= 0.3 is 0 Å². The van der Waals surface area contributed by atoms with Crippen LogP contribution in [-0.4, -0.2) is 54.5 Å². The molecule has 100 valence electrons. The molecule has 0 fully saturated rings. The summed E-state index contributed by atoms with van der Waals surface area (Å²) in [6, 6.07) is 3.34. The zero-order valence-corrected chi connectivity index (χ0v) is 10.3. The Morgan fingerprint density at radius 1 is 1.56 bits per heavy atom. The van der Waals surface area contributed by atoms with Crippen molar-refractivity contribution in [1.29, 1.82) is 0 Å². The van der Waals surface area contributed by atoms with Gasteiger partial charge in [-0.2, -0.15) is 0 Å². The quantitative estimate of drug-likeness (QED) is 0.265. The van der Waals surface area contributed by atoms with Gasteiger partial charge in [0.2, 0.25) is 0 Å². The Labute approximate surface area is 105 Å². The van der Waals surface area contributed by atoms with Crippen molar-refractivity contribution in [3.05, 3.63) is 23.9 Å². The van der Waals surface area contributed by atoms with Crippen LogP contribution in [0.1, 0.15) is 5.56 Å². The van der Waals surface area contributed by atoms with Gasteiger partial charge in [0.15, 0.2) is 5.84 Å². The highest BCUT2D eigenvalue weighted by atomic mass is 16.5. The van der Waals surface area contributed by atoms with E-state index >= 15 is 0 Å². The molecule has 0 saturated heterocycles. The molecule has 0 aliphatic heterocycles. The van der Waals surface area contributed by atoms with Crippen molar-refractivity contribution in [3.8, 4) is 0 Å². The van der Waals surface area contributed by atoms with Gasteiger partial charge in [-0.15, -0.1) is 0 Å². The molecular formula is C11H18N4O3. The summed E-state index contributed by atoms with van der Waals surface area (Å²) in [4.78, 5) is 6.05. The van der Waals surface area contributed by atoms with Gasteiger partial charge in [-0.25, -0.2) is 4.98 Å². The first-order valence-corrected chi connectivity index (χ1v) is 5.51. The molecule has 7 nitrogen and oxygen atoms in total. The van der Waals surface area contributed by atoms with E-state index in [1.54, 1.807) is 25.4 Å². The Balaban J connectivity index is 2.90. The number of oxime groups is 1. The first-order chi connectivity index (χ1) is 8.72. The smallest absolute Gasteiger partial charge is 0.170 e. The minimum atomic E-state index is 0.0131. The number of anilines is 1. The zero-order valence-electron chi connectivity index (χ0n) is 10.3. The normalized spacial score (nSPS) is 11.6. The molecule has 0 radical (unpaired) electrons. The van der Waals surface area contributed by atoms with Crippen LogP contribution in [0.5, 0.6) is 0 Å². The minimum absolute atomic E-state index is 0.0131. The number of rotatable bonds is 7. The molecule has 0 bridgehead atoms. The molecule has 0 atom stereocenters. The number of pyridine rings is 1. The Bertz CT molecular complexity index is 398. The third kappa shape index (κ3) is 3.86. The van der Waals surface area contributed by atoms with Gasteiger partial charge in [0.1, 0.15) is 5.82 Å². The van der Waals surface area contributed by atoms with Gasteiger partial charge in [0.05, 0.1) is 13.2 Å². The fraction of sp³-hybridized carbons (Fsp3) is 0.455. The maximum atomic E-state index is 9.02. The summed E-state index contributed by atoms with van der Waals surface area (Å²) in [5, 5.41) is 20.6. The van der Waals surface area contributed by atoms with Crippen molar-refractivity contribution >= 4 is 11.7 Å². The third-order valence-electron chi connectivity index (χ3n) is 2.41. The summed E-state index contributed by atoms with van der Waals surface area (Å²) in [6.45, 7) is 1.58. The van der Waals surface area contributed by atoms with E-state index in [0.717, 1.165) is 0 Å². The van der Waals surface area contributed by atoms with Gasteiger partial charge in [-0.3, -0.25) is 0 Å². The SMILES string of the molecule is COCCN(CCO)c1cc(/C(N)=N/O)ccn1. The number of aliphatic hydroxyl groups excluding tert-OH is 1. The lowest BCUT2D eigenvalue weighted by Gasteiger charge is -2.22. The largest absolute Gasteiger partial charge is 0.409 e. The highest BCUT2D eigenvalue weighted by Crippen LogP contribution is 2.12. The van der Waals surface area contributed by atoms with Gasteiger partial charge in [0, 0.05) is 32.0 Å². The minimum Gasteiger partial charge on any atom is -0.409 e. The molecule has 1 aromatic heterocycles. The molecule has 7 heteroatoms. The number of aliphatic hydroxyl groups is 1. The molecule has 0 spiro atoms. The molecule has 1 heterocycles. The molecular weight excluding hydrogens is 236 g/mol. The van der Waals surface area contributed by atoms with Crippen LogP contribution in [0.15, 0.2) is 23.5 Å². The number of aromatic nitrogens is 1. The summed E-state index contributed by atoms with van der Waals surface area (Å²) >= 11 is 0. The third-order valence-corrected chi connectivity index (χ3v) is 2.41. The summed E-state index contributed by atoms with van der Waals surface area (Å²) in [5.74, 6) is 0.666. The van der Waals surface area contributed by atoms with Gasteiger partial charge in [-0.1, -0.05) is 5.16 Å². The van der Waals surface area contributed by atoms with Crippen molar-refractivity contribution in [2.24, 2.45) is 10.9 Å². The number of nitrogens with zero attached hydrogens (tertiary/aromatic N) is 3. The van der Waals surface area contributed by atoms with Crippen molar-refractivity contribution in [3.63, 3.8) is 0 Å². The summed E-state index contributed by atoms with van der Waals surface area (Å²) in [5.41, 5.74) is 6.09. The Kier molecular flexibility index (Phi) is 5.89. The lowest BCUT2D eigenvalue weighted by Crippen LogP contribution is -2.31. The van der Waals surface area contributed by atoms with Gasteiger partial charge in [-0.05, 0) is 12.1 Å². The van der Waals surface area contributed by atoms with E-state index in [-0.39, 0.29) is 12.4 Å². The van der Waals surface area contributed by atoms with Crippen LogP contribution in [-0.2, 0) is 4.74 Å². The van der Waals surface area contributed by atoms with E-state index in [1.165, 1.54) is 0 Å². The highest BCUT2D eigenvalue weighted by Gasteiger charge is 2.09. The molecule has 0 aromatic carbocycles. The van der Waals surface area contributed by atoms with Gasteiger partial charge in [0.25, 0.3) is 0 Å². The van der Waals surface area contributed by atoms with E-state index in [2.05, 4.69) is 10.1 Å². The number of hydrogen-bond donors (Lipinski definition) is 3. The van der Waals surface area contributed by atoms with E-state index in [1.807, 2.05) is 4.90 Å². The molecule has 4 N–H and O–H groups in total. The van der Waals surface area contributed by atoms with E-state index < -0.39 is 0 Å². The van der Waals surface area contributed by atoms with Crippen LogP contribution in [0.25, 0.3) is 0 Å². The van der Waals surface area contributed by atoms with Crippen LogP contribution in [0.2, 0.25) is 0 Å². The van der Waals surface area contributed by atoms with Gasteiger partial charge < -0.3 is 25.7 Å². The van der Waals surface area contributed by atoms with Crippen molar-refractivity contribution in [2.75, 3.05) is 38.3 Å². The fourth-order valence-electron chi connectivity index (χ4n) is 1.47. The molecule has 0 amide bonds. The lowest BCUT2D eigenvalue weighted by molar-refractivity contribution is 0.202. The van der Waals surface area contributed by atoms with E-state index in [0.29, 0.717) is 31.1 Å². The molecule has 0 saturated carbocycles. The molecule has 18 heavy (non-hydrogen) atoms. The summed E-state index contributed by atoms with van der Waals surface area (Å²) < 4.78 is 5.00. The standard InChI is InChI=1S/C11H18N4O3/c1-18-7-5-15(4-6-16)10-8-9(2-3-13-10)11(12)14-17/h2-3,8,16-17H,4-7H2,1H3,(H2,12,14). The molecule has 1 rings (SSSR count). The van der Waals surface area contributed by atoms with Crippen LogP contribution < -0.4 is 10.6 Å². The average Bonchev–Trinajstić information content (AvgIpc) is 2.42. The zero-order chi connectivity index (χ0) is 13.4. The molecule has 0 unspecified atom stereocenters. The first-order valence-electron chi connectivity index (χ1n) is 5.51. The number of ether oxygens (including phenoxy) is 1. The number of amidine groups is 1. The maximum Gasteiger partial charge on any atom is 0.170 e. The van der Waals surface area contributed by atoms with Crippen LogP contribution in [0.3, 0.4) is 0 Å². The maximum absolute atomic E-state index is 9.02. The summed E-state index contributed by atoms with van der Waals surface area (Å²) in [7, 11) is 1.61. The molecule has 1 aromatic rings. The molecule has 0 aliphatic carbocycles. The van der Waals surface area contributed by atoms with Crippen LogP contribution in [0.4, 0.5) is 5.82 Å². The van der Waals surface area contributed by atoms with E-state index in [9.17, 15) is 0 Å². The number of hydrogen-bond acceptors (Lipinski definition) is 6. The number of methoxy groups -OCH3 is 1. The second kappa shape index (κ2) is 7.46. The monoisotopic (exact) mass is 254 g/mol. The van der Waals surface area contributed by atoms with Crippen LogP contribution >= 0.6 is 0 Å². The van der Waals surface area contributed by atoms with Crippen molar-refractivity contribution in [1.82, 2.24) is 4.98 Å². The topological polar surface area (TPSA) is 104 Å². The van der Waals surface area contributed by atoms with E-state index in [4.69, 9.17) is 20.8 Å². The Morgan fingerprint density at radius 3 is 2.94 bits per heavy atom. The Hall–Kier alpha value is -1.86.